The Labute approximate surface area is 215 Å². The second-order valence-corrected chi connectivity index (χ2v) is 10.6. The monoisotopic (exact) mass is 496 g/mol. The van der Waals surface area contributed by atoms with Crippen molar-refractivity contribution in [3.8, 4) is 16.9 Å². The molecular formula is C31H41FO2S. The summed E-state index contributed by atoms with van der Waals surface area (Å²) < 4.78 is 20.9. The van der Waals surface area contributed by atoms with Gasteiger partial charge in [0.1, 0.15) is 11.6 Å². The second kappa shape index (κ2) is 14.3. The van der Waals surface area contributed by atoms with Crippen molar-refractivity contribution in [2.45, 2.75) is 65.4 Å². The fourth-order valence-corrected chi connectivity index (χ4v) is 3.90. The van der Waals surface area contributed by atoms with E-state index < -0.39 is 0 Å². The molecule has 190 valence electrons. The highest BCUT2D eigenvalue weighted by atomic mass is 32.2. The van der Waals surface area contributed by atoms with Crippen LogP contribution in [0, 0.1) is 5.82 Å². The molecule has 0 atom stereocenters. The maximum atomic E-state index is 15.0. The number of phenolic OH excluding ortho intramolecular Hbond substituents is 1. The van der Waals surface area contributed by atoms with Crippen LogP contribution < -0.4 is 0 Å². The summed E-state index contributed by atoms with van der Waals surface area (Å²) in [6.07, 6.45) is 8.46. The van der Waals surface area contributed by atoms with E-state index in [1.54, 1.807) is 30.0 Å². The average molecular weight is 497 g/mol. The minimum Gasteiger partial charge on any atom is -0.508 e. The van der Waals surface area contributed by atoms with Crippen LogP contribution in [0.2, 0.25) is 0 Å². The van der Waals surface area contributed by atoms with Gasteiger partial charge in [0.15, 0.2) is 0 Å². The van der Waals surface area contributed by atoms with E-state index in [9.17, 15) is 5.11 Å². The number of rotatable bonds is 9. The van der Waals surface area contributed by atoms with Gasteiger partial charge < -0.3 is 9.84 Å². The highest BCUT2D eigenvalue weighted by molar-refractivity contribution is 7.97. The van der Waals surface area contributed by atoms with Crippen LogP contribution in [0.5, 0.6) is 5.75 Å². The Morgan fingerprint density at radius 3 is 1.91 bits per heavy atom. The van der Waals surface area contributed by atoms with E-state index in [1.807, 2.05) is 36.8 Å². The van der Waals surface area contributed by atoms with Crippen molar-refractivity contribution in [3.05, 3.63) is 88.7 Å². The molecule has 3 rings (SSSR count). The van der Waals surface area contributed by atoms with Crippen LogP contribution in [0.3, 0.4) is 0 Å². The molecular weight excluding hydrogens is 455 g/mol. The topological polar surface area (TPSA) is 29.5 Å². The van der Waals surface area contributed by atoms with Crippen LogP contribution in [0.25, 0.3) is 11.1 Å². The Morgan fingerprint density at radius 2 is 1.34 bits per heavy atom. The van der Waals surface area contributed by atoms with E-state index in [-0.39, 0.29) is 17.2 Å². The molecule has 0 amide bonds. The van der Waals surface area contributed by atoms with Gasteiger partial charge in [0.2, 0.25) is 0 Å². The number of aromatic hydroxyl groups is 1. The molecule has 0 saturated heterocycles. The van der Waals surface area contributed by atoms with E-state index in [1.165, 1.54) is 11.1 Å². The lowest BCUT2D eigenvalue weighted by Gasteiger charge is -2.19. The van der Waals surface area contributed by atoms with E-state index in [4.69, 9.17) is 4.74 Å². The molecule has 2 nitrogen and oxygen atoms in total. The third-order valence-corrected chi connectivity index (χ3v) is 5.66. The first-order valence-corrected chi connectivity index (χ1v) is 14.0. The Hall–Kier alpha value is -2.30. The number of ether oxygens (including phenoxy) is 1. The first-order chi connectivity index (χ1) is 16.7. The van der Waals surface area contributed by atoms with Crippen LogP contribution in [-0.2, 0) is 30.4 Å². The zero-order valence-electron chi connectivity index (χ0n) is 22.2. The fraction of sp³-hybridized carbons (Fsp3) is 0.419. The number of aryl methyl sites for hydroxylation is 4. The van der Waals surface area contributed by atoms with E-state index in [0.29, 0.717) is 5.56 Å². The van der Waals surface area contributed by atoms with Gasteiger partial charge in [-0.3, -0.25) is 0 Å². The van der Waals surface area contributed by atoms with Gasteiger partial charge >= 0.3 is 0 Å². The largest absolute Gasteiger partial charge is 0.508 e. The highest BCUT2D eigenvalue weighted by Gasteiger charge is 2.12. The smallest absolute Gasteiger partial charge is 0.131 e. The maximum Gasteiger partial charge on any atom is 0.131 e. The zero-order valence-corrected chi connectivity index (χ0v) is 23.0. The molecule has 0 saturated carbocycles. The summed E-state index contributed by atoms with van der Waals surface area (Å²) in [5.41, 5.74) is 6.09. The van der Waals surface area contributed by atoms with Gasteiger partial charge in [-0.25, -0.2) is 4.39 Å². The Bertz CT molecular complexity index is 1040. The van der Waals surface area contributed by atoms with Crippen molar-refractivity contribution < 1.29 is 14.2 Å². The molecule has 1 N–H and O–H groups in total. The van der Waals surface area contributed by atoms with Gasteiger partial charge in [-0.2, -0.15) is 11.8 Å². The van der Waals surface area contributed by atoms with Crippen molar-refractivity contribution >= 4 is 11.8 Å². The number of benzene rings is 3. The number of phenols is 1. The van der Waals surface area contributed by atoms with Gasteiger partial charge in [0.25, 0.3) is 0 Å². The standard InChI is InChI=1S/C29H35FO2.C2H6S/c1-5-24-19-22(7-6-18-32-29(2,3)4)12-16-26(24)27-17-13-23(20-28(27)30)9-8-21-10-14-25(31)15-11-21;1-3-2/h10-17,19-20,31H,5-9,18H2,1-4H3;1-2H3. The first-order valence-electron chi connectivity index (χ1n) is 12.4. The number of hydrogen-bond acceptors (Lipinski definition) is 3. The van der Waals surface area contributed by atoms with Gasteiger partial charge in [0, 0.05) is 12.2 Å². The molecule has 0 aliphatic heterocycles. The summed E-state index contributed by atoms with van der Waals surface area (Å²) in [5, 5.41) is 9.40. The predicted molar refractivity (Wildman–Crippen MR) is 150 cm³/mol. The second-order valence-electron chi connectivity index (χ2n) is 9.80. The molecule has 4 heteroatoms. The summed E-state index contributed by atoms with van der Waals surface area (Å²) >= 11 is 1.75. The minimum absolute atomic E-state index is 0.105. The van der Waals surface area contributed by atoms with Gasteiger partial charge in [-0.1, -0.05) is 49.4 Å². The zero-order chi connectivity index (χ0) is 25.8. The molecule has 3 aromatic carbocycles. The molecule has 0 spiro atoms. The molecule has 0 bridgehead atoms. The van der Waals surface area contributed by atoms with Crippen LogP contribution in [0.4, 0.5) is 4.39 Å². The quantitative estimate of drug-likeness (QED) is 0.302. The summed E-state index contributed by atoms with van der Waals surface area (Å²) in [6, 6.07) is 19.2. The van der Waals surface area contributed by atoms with Crippen LogP contribution in [0.15, 0.2) is 60.7 Å². The minimum atomic E-state index is -0.172. The van der Waals surface area contributed by atoms with Crippen LogP contribution in [0.1, 0.15) is 56.4 Å². The average Bonchev–Trinajstić information content (AvgIpc) is 2.81. The van der Waals surface area contributed by atoms with Crippen molar-refractivity contribution in [2.75, 3.05) is 19.1 Å². The normalized spacial score (nSPS) is 11.2. The third-order valence-electron chi connectivity index (χ3n) is 5.66. The summed E-state index contributed by atoms with van der Waals surface area (Å²) in [6.45, 7) is 9.08. The van der Waals surface area contributed by atoms with Gasteiger partial charge in [-0.15, -0.1) is 0 Å². The summed E-state index contributed by atoms with van der Waals surface area (Å²) in [5.74, 6) is 0.0920. The van der Waals surface area contributed by atoms with Gasteiger partial charge in [0.05, 0.1) is 5.60 Å². The summed E-state index contributed by atoms with van der Waals surface area (Å²) in [7, 11) is 0. The SMILES string of the molecule is CCc1cc(CCCOC(C)(C)C)ccc1-c1ccc(CCc2ccc(O)cc2)cc1F.CSC. The fourth-order valence-electron chi connectivity index (χ4n) is 3.90. The van der Waals surface area contributed by atoms with Gasteiger partial charge in [-0.05, 0) is 111 Å². The molecule has 0 fully saturated rings. The third kappa shape index (κ3) is 10.1. The molecule has 0 aliphatic carbocycles. The number of halogens is 1. The van der Waals surface area contributed by atoms with Crippen LogP contribution in [-0.4, -0.2) is 29.8 Å². The van der Waals surface area contributed by atoms with Crippen molar-refractivity contribution in [1.82, 2.24) is 0 Å². The van der Waals surface area contributed by atoms with E-state index >= 15 is 4.39 Å². The lowest BCUT2D eigenvalue weighted by atomic mass is 9.93. The Morgan fingerprint density at radius 1 is 0.800 bits per heavy atom. The van der Waals surface area contributed by atoms with Crippen LogP contribution >= 0.6 is 11.8 Å². The molecule has 0 aromatic heterocycles. The van der Waals surface area contributed by atoms with Crippen molar-refractivity contribution in [2.24, 2.45) is 0 Å². The van der Waals surface area contributed by atoms with Crippen molar-refractivity contribution in [3.63, 3.8) is 0 Å². The maximum absolute atomic E-state index is 15.0. The Kier molecular flexibility index (Phi) is 11.8. The van der Waals surface area contributed by atoms with E-state index in [0.717, 1.165) is 55.4 Å². The lowest BCUT2D eigenvalue weighted by Crippen LogP contribution is -2.19. The number of hydrogen-bond donors (Lipinski definition) is 1. The van der Waals surface area contributed by atoms with E-state index in [2.05, 4.69) is 45.9 Å². The van der Waals surface area contributed by atoms with Crippen molar-refractivity contribution in [1.29, 1.82) is 0 Å². The molecule has 3 aromatic rings. The molecule has 35 heavy (non-hydrogen) atoms. The molecule has 0 radical (unpaired) electrons. The lowest BCUT2D eigenvalue weighted by molar-refractivity contribution is -0.00384. The molecule has 0 heterocycles. The first kappa shape index (κ1) is 28.9. The molecule has 0 unspecified atom stereocenters. The highest BCUT2D eigenvalue weighted by Crippen LogP contribution is 2.29. The molecule has 0 aliphatic rings. The Balaban J connectivity index is 0.00000137. The summed E-state index contributed by atoms with van der Waals surface area (Å²) in [4.78, 5) is 0. The predicted octanol–water partition coefficient (Wildman–Crippen LogP) is 8.27. The number of thioether (sulfide) groups is 1.